The molecular weight excluding hydrogens is 288 g/mol. The Balaban J connectivity index is 2.26. The van der Waals surface area contributed by atoms with Gasteiger partial charge in [-0.3, -0.25) is 0 Å². The maximum Gasteiger partial charge on any atom is 0.344 e. The standard InChI is InChI=1S/C19H38O2Si/c1-6-20-22(21-7-2,18-10-8-9-15(3)12-18)19-13-16(4)11-17(5)14-19/h15-19H,6-14H2,1-5H3. The highest BCUT2D eigenvalue weighted by Crippen LogP contribution is 2.52. The van der Waals surface area contributed by atoms with Gasteiger partial charge in [-0.1, -0.05) is 33.6 Å². The zero-order valence-corrected chi connectivity index (χ0v) is 16.6. The summed E-state index contributed by atoms with van der Waals surface area (Å²) in [6, 6.07) is 0. The first kappa shape index (κ1) is 18.5. The average Bonchev–Trinajstić information content (AvgIpc) is 2.46. The molecule has 0 N–H and O–H groups in total. The molecule has 2 fully saturated rings. The number of hydrogen-bond acceptors (Lipinski definition) is 2. The summed E-state index contributed by atoms with van der Waals surface area (Å²) in [7, 11) is -2.12. The van der Waals surface area contributed by atoms with Crippen LogP contribution in [-0.2, 0) is 8.85 Å². The molecule has 3 heteroatoms. The van der Waals surface area contributed by atoms with Crippen molar-refractivity contribution in [1.82, 2.24) is 0 Å². The van der Waals surface area contributed by atoms with Gasteiger partial charge in [0, 0.05) is 24.3 Å². The van der Waals surface area contributed by atoms with Gasteiger partial charge in [0.05, 0.1) is 0 Å². The summed E-state index contributed by atoms with van der Waals surface area (Å²) in [6.45, 7) is 13.3. The molecule has 0 amide bonds. The Labute approximate surface area is 139 Å². The van der Waals surface area contributed by atoms with Gasteiger partial charge in [0.1, 0.15) is 0 Å². The fraction of sp³-hybridized carbons (Fsp3) is 1.00. The molecule has 2 aliphatic rings. The Morgan fingerprint density at radius 1 is 0.727 bits per heavy atom. The van der Waals surface area contributed by atoms with E-state index in [2.05, 4.69) is 34.6 Å². The van der Waals surface area contributed by atoms with Gasteiger partial charge in [-0.05, 0) is 63.7 Å². The van der Waals surface area contributed by atoms with Crippen molar-refractivity contribution >= 4 is 8.56 Å². The molecule has 0 bridgehead atoms. The van der Waals surface area contributed by atoms with E-state index in [4.69, 9.17) is 8.85 Å². The molecule has 0 aromatic heterocycles. The molecule has 2 rings (SSSR count). The molecule has 2 nitrogen and oxygen atoms in total. The van der Waals surface area contributed by atoms with Crippen molar-refractivity contribution in [2.45, 2.75) is 90.6 Å². The predicted molar refractivity (Wildman–Crippen MR) is 96.3 cm³/mol. The van der Waals surface area contributed by atoms with Gasteiger partial charge < -0.3 is 8.85 Å². The SMILES string of the molecule is CCO[Si](OCC)(C1CCCC(C)C1)C1CC(C)CC(C)C1. The molecule has 22 heavy (non-hydrogen) atoms. The summed E-state index contributed by atoms with van der Waals surface area (Å²) in [4.78, 5) is 0. The highest BCUT2D eigenvalue weighted by Gasteiger charge is 2.54. The smallest absolute Gasteiger partial charge is 0.344 e. The van der Waals surface area contributed by atoms with Gasteiger partial charge in [-0.25, -0.2) is 0 Å². The minimum absolute atomic E-state index is 0.710. The Morgan fingerprint density at radius 2 is 1.27 bits per heavy atom. The summed E-state index contributed by atoms with van der Waals surface area (Å²) in [5, 5.41) is 0. The van der Waals surface area contributed by atoms with Crippen LogP contribution in [0.2, 0.25) is 11.1 Å². The number of hydrogen-bond donors (Lipinski definition) is 0. The Bertz CT molecular complexity index is 317. The highest BCUT2D eigenvalue weighted by atomic mass is 28.4. The zero-order chi connectivity index (χ0) is 16.2. The van der Waals surface area contributed by atoms with Crippen LogP contribution < -0.4 is 0 Å². The van der Waals surface area contributed by atoms with Crippen molar-refractivity contribution in [1.29, 1.82) is 0 Å². The van der Waals surface area contributed by atoms with E-state index in [1.807, 2.05) is 0 Å². The third-order valence-electron chi connectivity index (χ3n) is 5.99. The topological polar surface area (TPSA) is 18.5 Å². The molecule has 130 valence electrons. The third-order valence-corrected chi connectivity index (χ3v) is 10.7. The lowest BCUT2D eigenvalue weighted by Gasteiger charge is -2.48. The van der Waals surface area contributed by atoms with Crippen LogP contribution in [0.1, 0.15) is 79.6 Å². The molecule has 4 unspecified atom stereocenters. The van der Waals surface area contributed by atoms with Crippen molar-refractivity contribution in [2.24, 2.45) is 17.8 Å². The molecule has 0 spiro atoms. The third kappa shape index (κ3) is 4.15. The summed E-state index contributed by atoms with van der Waals surface area (Å²) in [5.41, 5.74) is 1.43. The molecule has 0 aromatic rings. The maximum atomic E-state index is 6.61. The molecule has 0 heterocycles. The molecule has 2 aliphatic carbocycles. The molecule has 2 saturated carbocycles. The summed E-state index contributed by atoms with van der Waals surface area (Å²) in [6.07, 6.45) is 9.51. The van der Waals surface area contributed by atoms with E-state index >= 15 is 0 Å². The first-order chi connectivity index (χ1) is 10.5. The fourth-order valence-corrected chi connectivity index (χ4v) is 10.8. The Kier molecular flexibility index (Phi) is 6.97. The Morgan fingerprint density at radius 3 is 1.77 bits per heavy atom. The van der Waals surface area contributed by atoms with Crippen LogP contribution in [0.15, 0.2) is 0 Å². The van der Waals surface area contributed by atoms with Gasteiger partial charge in [0.15, 0.2) is 0 Å². The largest absolute Gasteiger partial charge is 0.394 e. The monoisotopic (exact) mass is 326 g/mol. The van der Waals surface area contributed by atoms with Gasteiger partial charge in [0.2, 0.25) is 0 Å². The average molecular weight is 327 g/mol. The summed E-state index contributed by atoms with van der Waals surface area (Å²) >= 11 is 0. The Hall–Kier alpha value is 0.137. The van der Waals surface area contributed by atoms with Crippen LogP contribution in [0.5, 0.6) is 0 Å². The van der Waals surface area contributed by atoms with Gasteiger partial charge in [0.25, 0.3) is 0 Å². The van der Waals surface area contributed by atoms with E-state index in [1.54, 1.807) is 0 Å². The van der Waals surface area contributed by atoms with Gasteiger partial charge in [-0.15, -0.1) is 0 Å². The molecule has 0 saturated heterocycles. The normalized spacial score (nSPS) is 37.2. The first-order valence-electron chi connectivity index (χ1n) is 9.79. The lowest BCUT2D eigenvalue weighted by molar-refractivity contribution is 0.130. The maximum absolute atomic E-state index is 6.61. The predicted octanol–water partition coefficient (Wildman–Crippen LogP) is 5.91. The highest BCUT2D eigenvalue weighted by molar-refractivity contribution is 6.70. The quantitative estimate of drug-likeness (QED) is 0.565. The minimum Gasteiger partial charge on any atom is -0.394 e. The first-order valence-corrected chi connectivity index (χ1v) is 11.8. The van der Waals surface area contributed by atoms with E-state index in [0.29, 0.717) is 5.54 Å². The van der Waals surface area contributed by atoms with Crippen LogP contribution in [0, 0.1) is 17.8 Å². The van der Waals surface area contributed by atoms with Gasteiger partial charge in [-0.2, -0.15) is 0 Å². The van der Waals surface area contributed by atoms with Crippen molar-refractivity contribution in [3.05, 3.63) is 0 Å². The second-order valence-electron chi connectivity index (χ2n) is 8.17. The van der Waals surface area contributed by atoms with E-state index in [-0.39, 0.29) is 0 Å². The van der Waals surface area contributed by atoms with Crippen molar-refractivity contribution < 1.29 is 8.85 Å². The fourth-order valence-electron chi connectivity index (χ4n) is 5.37. The van der Waals surface area contributed by atoms with Crippen LogP contribution in [0.25, 0.3) is 0 Å². The number of rotatable bonds is 6. The van der Waals surface area contributed by atoms with Crippen LogP contribution >= 0.6 is 0 Å². The lowest BCUT2D eigenvalue weighted by atomic mass is 9.83. The van der Waals surface area contributed by atoms with Crippen molar-refractivity contribution in [3.63, 3.8) is 0 Å². The van der Waals surface area contributed by atoms with E-state index in [0.717, 1.165) is 36.5 Å². The van der Waals surface area contributed by atoms with Crippen LogP contribution in [0.3, 0.4) is 0 Å². The molecule has 0 radical (unpaired) electrons. The zero-order valence-electron chi connectivity index (χ0n) is 15.6. The summed E-state index contributed by atoms with van der Waals surface area (Å²) in [5.74, 6) is 2.52. The van der Waals surface area contributed by atoms with Crippen molar-refractivity contribution in [2.75, 3.05) is 13.2 Å². The van der Waals surface area contributed by atoms with Crippen molar-refractivity contribution in [3.8, 4) is 0 Å². The second-order valence-corrected chi connectivity index (χ2v) is 11.8. The molecule has 4 atom stereocenters. The van der Waals surface area contributed by atoms with Crippen LogP contribution in [-0.4, -0.2) is 21.8 Å². The second kappa shape index (κ2) is 8.30. The van der Waals surface area contributed by atoms with E-state index in [9.17, 15) is 0 Å². The molecular formula is C19H38O2Si. The summed E-state index contributed by atoms with van der Waals surface area (Å²) < 4.78 is 13.2. The lowest BCUT2D eigenvalue weighted by Crippen LogP contribution is -2.54. The molecule has 0 aromatic carbocycles. The van der Waals surface area contributed by atoms with Crippen LogP contribution in [0.4, 0.5) is 0 Å². The van der Waals surface area contributed by atoms with E-state index < -0.39 is 8.56 Å². The molecule has 0 aliphatic heterocycles. The van der Waals surface area contributed by atoms with E-state index in [1.165, 1.54) is 44.9 Å². The van der Waals surface area contributed by atoms with Gasteiger partial charge >= 0.3 is 8.56 Å². The minimum atomic E-state index is -2.12.